The van der Waals surface area contributed by atoms with Gasteiger partial charge in [0.1, 0.15) is 0 Å². The fourth-order valence-corrected chi connectivity index (χ4v) is 2.76. The van der Waals surface area contributed by atoms with Crippen LogP contribution in [0.3, 0.4) is 0 Å². The molecule has 1 heterocycles. The molecule has 0 radical (unpaired) electrons. The molecule has 0 fully saturated rings. The molecule has 1 aromatic heterocycles. The Hall–Kier alpha value is -1.69. The first-order chi connectivity index (χ1) is 9.13. The molecule has 102 valence electrons. The lowest BCUT2D eigenvalue weighted by Crippen LogP contribution is -1.99. The molecule has 2 rings (SSSR count). The maximum atomic E-state index is 5.81. The van der Waals surface area contributed by atoms with Crippen LogP contribution in [0.15, 0.2) is 21.3 Å². The van der Waals surface area contributed by atoms with Gasteiger partial charge in [-0.15, -0.1) is 0 Å². The Labute approximate surface area is 119 Å². The van der Waals surface area contributed by atoms with Crippen molar-refractivity contribution in [2.24, 2.45) is 0 Å². The molecule has 2 aromatic rings. The lowest BCUT2D eigenvalue weighted by Gasteiger charge is -2.17. The predicted molar refractivity (Wildman–Crippen MR) is 76.5 cm³/mol. The zero-order valence-electron chi connectivity index (χ0n) is 11.0. The lowest BCUT2D eigenvalue weighted by atomic mass is 9.98. The number of hydrogen-bond acceptors (Lipinski definition) is 5. The zero-order chi connectivity index (χ0) is 14.0. The van der Waals surface area contributed by atoms with E-state index < -0.39 is 0 Å². The van der Waals surface area contributed by atoms with Crippen molar-refractivity contribution >= 4 is 21.8 Å². The zero-order valence-corrected chi connectivity index (χ0v) is 12.6. The molecule has 0 unspecified atom stereocenters. The summed E-state index contributed by atoms with van der Waals surface area (Å²) in [6, 6.07) is 1.85. The molecular weight excluding hydrogens is 312 g/mol. The molecule has 0 saturated carbocycles. The number of anilines is 1. The Bertz CT molecular complexity index is 596. The number of rotatable bonds is 4. The molecule has 0 bridgehead atoms. The third kappa shape index (κ3) is 2.28. The van der Waals surface area contributed by atoms with E-state index in [2.05, 4.69) is 21.1 Å². The Morgan fingerprint density at radius 1 is 1.37 bits per heavy atom. The molecule has 1 aromatic carbocycles. The molecule has 0 aliphatic carbocycles. The number of aromatic nitrogens is 1. The fraction of sp³-hybridized carbons (Fsp3) is 0.308. The van der Waals surface area contributed by atoms with Crippen LogP contribution < -0.4 is 15.2 Å². The Morgan fingerprint density at radius 2 is 2.11 bits per heavy atom. The van der Waals surface area contributed by atoms with Crippen molar-refractivity contribution in [2.45, 2.75) is 13.3 Å². The van der Waals surface area contributed by atoms with Crippen molar-refractivity contribution in [3.8, 4) is 22.6 Å². The molecular formula is C13H15BrN2O3. The topological polar surface area (TPSA) is 70.5 Å². The molecule has 0 amide bonds. The number of methoxy groups -OCH3 is 2. The average Bonchev–Trinajstić information content (AvgIpc) is 2.83. The highest BCUT2D eigenvalue weighted by atomic mass is 79.9. The maximum absolute atomic E-state index is 5.81. The third-order valence-electron chi connectivity index (χ3n) is 2.94. The summed E-state index contributed by atoms with van der Waals surface area (Å²) < 4.78 is 16.6. The van der Waals surface area contributed by atoms with E-state index in [4.69, 9.17) is 19.7 Å². The highest BCUT2D eigenvalue weighted by Crippen LogP contribution is 2.44. The second-order valence-corrected chi connectivity index (χ2v) is 4.76. The number of nitrogens with zero attached hydrogens (tertiary/aromatic N) is 1. The molecule has 19 heavy (non-hydrogen) atoms. The summed E-state index contributed by atoms with van der Waals surface area (Å²) in [6.07, 6.45) is 2.36. The number of benzene rings is 1. The third-order valence-corrected chi connectivity index (χ3v) is 3.57. The van der Waals surface area contributed by atoms with Crippen molar-refractivity contribution in [1.82, 2.24) is 5.16 Å². The quantitative estimate of drug-likeness (QED) is 0.933. The monoisotopic (exact) mass is 326 g/mol. The van der Waals surface area contributed by atoms with Crippen LogP contribution in [-0.2, 0) is 6.42 Å². The van der Waals surface area contributed by atoms with Crippen molar-refractivity contribution in [3.05, 3.63) is 22.3 Å². The van der Waals surface area contributed by atoms with Gasteiger partial charge in [0.25, 0.3) is 0 Å². The first kappa shape index (κ1) is 13.7. The lowest BCUT2D eigenvalue weighted by molar-refractivity contribution is 0.352. The van der Waals surface area contributed by atoms with Crippen LogP contribution in [0.4, 0.5) is 5.88 Å². The minimum atomic E-state index is 0.280. The second-order valence-electron chi connectivity index (χ2n) is 3.90. The molecule has 6 heteroatoms. The van der Waals surface area contributed by atoms with Gasteiger partial charge < -0.3 is 19.7 Å². The minimum Gasteiger partial charge on any atom is -0.493 e. The van der Waals surface area contributed by atoms with E-state index in [1.807, 2.05) is 13.0 Å². The molecule has 5 nitrogen and oxygen atoms in total. The fourth-order valence-electron chi connectivity index (χ4n) is 2.10. The highest BCUT2D eigenvalue weighted by Gasteiger charge is 2.21. The summed E-state index contributed by atoms with van der Waals surface area (Å²) in [5.74, 6) is 1.65. The molecule has 0 saturated heterocycles. The Balaban J connectivity index is 2.77. The Kier molecular flexibility index (Phi) is 3.99. The normalized spacial score (nSPS) is 10.5. The number of hydrogen-bond donors (Lipinski definition) is 1. The van der Waals surface area contributed by atoms with Gasteiger partial charge in [-0.1, -0.05) is 12.1 Å². The summed E-state index contributed by atoms with van der Waals surface area (Å²) in [5, 5.41) is 3.72. The van der Waals surface area contributed by atoms with Gasteiger partial charge in [0, 0.05) is 15.6 Å². The SMILES string of the molecule is CCc1c(OC)c(OC)cc(Br)c1-c1cnoc1N. The summed E-state index contributed by atoms with van der Waals surface area (Å²) in [7, 11) is 3.23. The van der Waals surface area contributed by atoms with E-state index >= 15 is 0 Å². The van der Waals surface area contributed by atoms with Gasteiger partial charge in [-0.3, -0.25) is 0 Å². The van der Waals surface area contributed by atoms with Gasteiger partial charge in [-0.05, 0) is 28.4 Å². The predicted octanol–water partition coefficient (Wildman–Crippen LogP) is 3.27. The van der Waals surface area contributed by atoms with Crippen LogP contribution in [-0.4, -0.2) is 19.4 Å². The summed E-state index contributed by atoms with van der Waals surface area (Å²) in [6.45, 7) is 2.04. The van der Waals surface area contributed by atoms with E-state index in [0.29, 0.717) is 11.5 Å². The largest absolute Gasteiger partial charge is 0.493 e. The average molecular weight is 327 g/mol. The molecule has 2 N–H and O–H groups in total. The van der Waals surface area contributed by atoms with Crippen LogP contribution in [0.25, 0.3) is 11.1 Å². The molecule has 0 aliphatic heterocycles. The van der Waals surface area contributed by atoms with E-state index in [1.165, 1.54) is 0 Å². The highest BCUT2D eigenvalue weighted by molar-refractivity contribution is 9.10. The van der Waals surface area contributed by atoms with Crippen molar-refractivity contribution in [1.29, 1.82) is 0 Å². The van der Waals surface area contributed by atoms with E-state index in [9.17, 15) is 0 Å². The Morgan fingerprint density at radius 3 is 2.58 bits per heavy atom. The van der Waals surface area contributed by atoms with Crippen LogP contribution in [0, 0.1) is 0 Å². The second kappa shape index (κ2) is 5.52. The summed E-state index contributed by atoms with van der Waals surface area (Å²) in [4.78, 5) is 0. The number of nitrogens with two attached hydrogens (primary N) is 1. The van der Waals surface area contributed by atoms with E-state index in [0.717, 1.165) is 27.6 Å². The molecule has 0 spiro atoms. The first-order valence-corrected chi connectivity index (χ1v) is 6.57. The van der Waals surface area contributed by atoms with Crippen LogP contribution in [0.2, 0.25) is 0 Å². The summed E-state index contributed by atoms with van der Waals surface area (Å²) in [5.41, 5.74) is 8.45. The van der Waals surface area contributed by atoms with Gasteiger partial charge in [0.2, 0.25) is 5.88 Å². The van der Waals surface area contributed by atoms with Crippen LogP contribution in [0.1, 0.15) is 12.5 Å². The van der Waals surface area contributed by atoms with Gasteiger partial charge >= 0.3 is 0 Å². The minimum absolute atomic E-state index is 0.280. The van der Waals surface area contributed by atoms with Crippen LogP contribution in [0.5, 0.6) is 11.5 Å². The van der Waals surface area contributed by atoms with Gasteiger partial charge in [0.05, 0.1) is 26.0 Å². The number of nitrogen functional groups attached to an aromatic ring is 1. The number of ether oxygens (including phenoxy) is 2. The van der Waals surface area contributed by atoms with Crippen LogP contribution >= 0.6 is 15.9 Å². The standard InChI is InChI=1S/C13H15BrN2O3/c1-4-7-11(8-6-16-19-13(8)15)9(14)5-10(17-2)12(7)18-3/h5-6H,4,15H2,1-3H3. The van der Waals surface area contributed by atoms with Crippen molar-refractivity contribution in [3.63, 3.8) is 0 Å². The smallest absolute Gasteiger partial charge is 0.230 e. The first-order valence-electron chi connectivity index (χ1n) is 5.77. The van der Waals surface area contributed by atoms with E-state index in [1.54, 1.807) is 20.4 Å². The van der Waals surface area contributed by atoms with Crippen molar-refractivity contribution < 1.29 is 14.0 Å². The maximum Gasteiger partial charge on any atom is 0.230 e. The molecule has 0 atom stereocenters. The van der Waals surface area contributed by atoms with E-state index in [-0.39, 0.29) is 5.88 Å². The summed E-state index contributed by atoms with van der Waals surface area (Å²) >= 11 is 3.54. The van der Waals surface area contributed by atoms with Gasteiger partial charge in [-0.25, -0.2) is 0 Å². The van der Waals surface area contributed by atoms with Gasteiger partial charge in [0.15, 0.2) is 11.5 Å². The van der Waals surface area contributed by atoms with Gasteiger partial charge in [-0.2, -0.15) is 0 Å². The molecule has 0 aliphatic rings. The number of halogens is 1. The van der Waals surface area contributed by atoms with Crippen molar-refractivity contribution in [2.75, 3.05) is 20.0 Å².